The van der Waals surface area contributed by atoms with E-state index in [9.17, 15) is 9.00 Å². The van der Waals surface area contributed by atoms with Gasteiger partial charge in [-0.1, -0.05) is 0 Å². The second-order valence-electron chi connectivity index (χ2n) is 3.73. The number of carbonyl (C=O) groups is 1. The molecule has 2 atom stereocenters. The van der Waals surface area contributed by atoms with Gasteiger partial charge in [-0.15, -0.1) is 0 Å². The zero-order valence-electron chi connectivity index (χ0n) is 8.54. The molecule has 4 nitrogen and oxygen atoms in total. The van der Waals surface area contributed by atoms with Crippen LogP contribution >= 0.6 is 0 Å². The summed E-state index contributed by atoms with van der Waals surface area (Å²) in [6, 6.07) is 0. The minimum absolute atomic E-state index is 0.101. The molecule has 1 saturated heterocycles. The fraction of sp³-hybridized carbons (Fsp3) is 0.889. The van der Waals surface area contributed by atoms with E-state index in [-0.39, 0.29) is 11.7 Å². The maximum Gasteiger partial charge on any atom is 0.232 e. The summed E-state index contributed by atoms with van der Waals surface area (Å²) < 4.78 is 10.7. The van der Waals surface area contributed by atoms with Gasteiger partial charge >= 0.3 is 0 Å². The van der Waals surface area contributed by atoms with Gasteiger partial charge in [0.05, 0.1) is 0 Å². The number of nitrogens with one attached hydrogen (secondary N) is 2. The molecule has 2 unspecified atom stereocenters. The number of amides is 1. The summed E-state index contributed by atoms with van der Waals surface area (Å²) in [5.74, 6) is 0.564. The predicted octanol–water partition coefficient (Wildman–Crippen LogP) is -0.519. The molecule has 2 N–H and O–H groups in total. The molecular formula is C9H18N2O2S. The number of piperidine rings is 1. The van der Waals surface area contributed by atoms with Crippen molar-refractivity contribution in [1.29, 1.82) is 0 Å². The Bertz CT molecular complexity index is 215. The first-order valence-corrected chi connectivity index (χ1v) is 6.68. The summed E-state index contributed by atoms with van der Waals surface area (Å²) in [7, 11) is -1.03. The lowest BCUT2D eigenvalue weighted by Crippen LogP contribution is -2.39. The summed E-state index contributed by atoms with van der Waals surface area (Å²) in [6.45, 7) is 2.78. The van der Waals surface area contributed by atoms with E-state index in [1.165, 1.54) is 12.8 Å². The van der Waals surface area contributed by atoms with Crippen LogP contribution in [-0.2, 0) is 15.6 Å². The highest BCUT2D eigenvalue weighted by Gasteiger charge is 2.13. The van der Waals surface area contributed by atoms with E-state index in [2.05, 4.69) is 10.6 Å². The zero-order chi connectivity index (χ0) is 10.4. The molecule has 1 heterocycles. The molecule has 1 fully saturated rings. The van der Waals surface area contributed by atoms with Crippen LogP contribution in [0.3, 0.4) is 0 Å². The molecule has 0 radical (unpaired) electrons. The fourth-order valence-electron chi connectivity index (χ4n) is 1.59. The van der Waals surface area contributed by atoms with Gasteiger partial charge in [0.1, 0.15) is 5.75 Å². The van der Waals surface area contributed by atoms with Crippen LogP contribution in [0.15, 0.2) is 0 Å². The minimum atomic E-state index is -1.03. The van der Waals surface area contributed by atoms with Gasteiger partial charge < -0.3 is 10.6 Å². The van der Waals surface area contributed by atoms with Crippen LogP contribution in [0.1, 0.15) is 12.8 Å². The molecule has 82 valence electrons. The highest BCUT2D eigenvalue weighted by molar-refractivity contribution is 7.85. The van der Waals surface area contributed by atoms with Crippen molar-refractivity contribution >= 4 is 16.7 Å². The van der Waals surface area contributed by atoms with E-state index in [0.29, 0.717) is 12.5 Å². The van der Waals surface area contributed by atoms with Gasteiger partial charge in [0.15, 0.2) is 0 Å². The van der Waals surface area contributed by atoms with Crippen molar-refractivity contribution in [2.24, 2.45) is 5.92 Å². The molecule has 0 bridgehead atoms. The largest absolute Gasteiger partial charge is 0.355 e. The Hall–Kier alpha value is -0.420. The van der Waals surface area contributed by atoms with E-state index >= 15 is 0 Å². The lowest BCUT2D eigenvalue weighted by atomic mass is 10.00. The van der Waals surface area contributed by atoms with Crippen LogP contribution in [-0.4, -0.2) is 41.8 Å². The van der Waals surface area contributed by atoms with E-state index in [1.54, 1.807) is 6.26 Å². The maximum absolute atomic E-state index is 11.2. The number of hydrogen-bond donors (Lipinski definition) is 2. The third-order valence-corrected chi connectivity index (χ3v) is 2.99. The van der Waals surface area contributed by atoms with E-state index in [4.69, 9.17) is 0 Å². The van der Waals surface area contributed by atoms with Crippen molar-refractivity contribution in [3.8, 4) is 0 Å². The fourth-order valence-corrected chi connectivity index (χ4v) is 2.06. The van der Waals surface area contributed by atoms with Crippen molar-refractivity contribution < 1.29 is 9.00 Å². The van der Waals surface area contributed by atoms with E-state index in [0.717, 1.165) is 13.1 Å². The first-order valence-electron chi connectivity index (χ1n) is 4.96. The van der Waals surface area contributed by atoms with Crippen LogP contribution in [0.25, 0.3) is 0 Å². The Morgan fingerprint density at radius 1 is 1.64 bits per heavy atom. The van der Waals surface area contributed by atoms with Crippen molar-refractivity contribution in [2.45, 2.75) is 12.8 Å². The Morgan fingerprint density at radius 2 is 2.43 bits per heavy atom. The van der Waals surface area contributed by atoms with Crippen molar-refractivity contribution in [3.05, 3.63) is 0 Å². The topological polar surface area (TPSA) is 58.2 Å². The van der Waals surface area contributed by atoms with Gasteiger partial charge in [-0.3, -0.25) is 9.00 Å². The third kappa shape index (κ3) is 4.72. The third-order valence-electron chi connectivity index (χ3n) is 2.32. The first kappa shape index (κ1) is 11.7. The first-order chi connectivity index (χ1) is 6.68. The molecule has 1 rings (SSSR count). The smallest absolute Gasteiger partial charge is 0.232 e. The highest BCUT2D eigenvalue weighted by Crippen LogP contribution is 2.07. The monoisotopic (exact) mass is 218 g/mol. The van der Waals surface area contributed by atoms with Crippen LogP contribution in [0, 0.1) is 5.92 Å². The molecule has 0 spiro atoms. The zero-order valence-corrected chi connectivity index (χ0v) is 9.36. The van der Waals surface area contributed by atoms with Crippen LogP contribution < -0.4 is 10.6 Å². The Labute approximate surface area is 87.3 Å². The lowest BCUT2D eigenvalue weighted by Gasteiger charge is -2.22. The van der Waals surface area contributed by atoms with Crippen molar-refractivity contribution in [3.63, 3.8) is 0 Å². The van der Waals surface area contributed by atoms with Gasteiger partial charge in [-0.05, 0) is 31.8 Å². The van der Waals surface area contributed by atoms with Crippen molar-refractivity contribution in [1.82, 2.24) is 10.6 Å². The van der Waals surface area contributed by atoms with Gasteiger partial charge in [0.25, 0.3) is 0 Å². The second kappa shape index (κ2) is 6.14. The van der Waals surface area contributed by atoms with Gasteiger partial charge in [0, 0.05) is 23.6 Å². The molecule has 0 aliphatic carbocycles. The van der Waals surface area contributed by atoms with Crippen LogP contribution in [0.5, 0.6) is 0 Å². The molecule has 14 heavy (non-hydrogen) atoms. The summed E-state index contributed by atoms with van der Waals surface area (Å²) in [5.41, 5.74) is 0. The van der Waals surface area contributed by atoms with E-state index in [1.807, 2.05) is 0 Å². The van der Waals surface area contributed by atoms with Gasteiger partial charge in [-0.25, -0.2) is 0 Å². The van der Waals surface area contributed by atoms with Crippen molar-refractivity contribution in [2.75, 3.05) is 31.6 Å². The molecule has 5 heteroatoms. The molecule has 0 aromatic heterocycles. The highest BCUT2D eigenvalue weighted by atomic mass is 32.2. The van der Waals surface area contributed by atoms with Crippen LogP contribution in [0.2, 0.25) is 0 Å². The number of hydrogen-bond acceptors (Lipinski definition) is 3. The Balaban J connectivity index is 2.12. The SMILES string of the molecule is CS(=O)CC(=O)NCC1CCCNC1. The summed E-state index contributed by atoms with van der Waals surface area (Å²) in [4.78, 5) is 11.2. The maximum atomic E-state index is 11.2. The molecule has 0 aromatic rings. The normalized spacial score (nSPS) is 24.2. The van der Waals surface area contributed by atoms with Gasteiger partial charge in [0.2, 0.25) is 5.91 Å². The lowest BCUT2D eigenvalue weighted by molar-refractivity contribution is -0.118. The minimum Gasteiger partial charge on any atom is -0.355 e. The molecule has 1 aliphatic heterocycles. The second-order valence-corrected chi connectivity index (χ2v) is 5.17. The Morgan fingerprint density at radius 3 is 3.00 bits per heavy atom. The summed E-state index contributed by atoms with van der Waals surface area (Å²) in [5, 5.41) is 6.10. The molecule has 0 saturated carbocycles. The Kier molecular flexibility index (Phi) is 5.11. The average molecular weight is 218 g/mol. The molecular weight excluding hydrogens is 200 g/mol. The number of rotatable bonds is 4. The van der Waals surface area contributed by atoms with Gasteiger partial charge in [-0.2, -0.15) is 0 Å². The van der Waals surface area contributed by atoms with E-state index < -0.39 is 10.8 Å². The standard InChI is InChI=1S/C9H18N2O2S/c1-14(13)7-9(12)11-6-8-3-2-4-10-5-8/h8,10H,2-7H2,1H3,(H,11,12). The number of carbonyl (C=O) groups excluding carboxylic acids is 1. The predicted molar refractivity (Wildman–Crippen MR) is 57.5 cm³/mol. The quantitative estimate of drug-likeness (QED) is 0.667. The summed E-state index contributed by atoms with van der Waals surface area (Å²) in [6.07, 6.45) is 3.89. The molecule has 1 amide bonds. The average Bonchev–Trinajstić information content (AvgIpc) is 2.15. The van der Waals surface area contributed by atoms with Crippen LogP contribution in [0.4, 0.5) is 0 Å². The molecule has 1 aliphatic rings. The summed E-state index contributed by atoms with van der Waals surface area (Å²) >= 11 is 0. The molecule has 0 aromatic carbocycles.